The maximum absolute atomic E-state index is 11.9. The molecule has 1 heterocycles. The van der Waals surface area contributed by atoms with E-state index in [1.165, 1.54) is 4.57 Å². The van der Waals surface area contributed by atoms with E-state index >= 15 is 0 Å². The topological polar surface area (TPSA) is 92.9 Å². The minimum absolute atomic E-state index is 0.188. The molecular weight excluding hydrogens is 268 g/mol. The lowest BCUT2D eigenvalue weighted by molar-refractivity contribution is 0.656. The summed E-state index contributed by atoms with van der Waals surface area (Å²) in [5.41, 5.74) is 6.40. The monoisotopic (exact) mass is 288 g/mol. The van der Waals surface area contributed by atoms with Crippen LogP contribution in [0.4, 0.5) is 11.5 Å². The SMILES string of the molecule is CCCNc1c(N)n(CCc2ccccc2)c(=O)[nH]c1=O. The van der Waals surface area contributed by atoms with Crippen LogP contribution in [-0.2, 0) is 13.0 Å². The van der Waals surface area contributed by atoms with Gasteiger partial charge in [0.2, 0.25) is 0 Å². The minimum Gasteiger partial charge on any atom is -0.383 e. The average Bonchev–Trinajstić information content (AvgIpc) is 2.47. The van der Waals surface area contributed by atoms with Crippen LogP contribution in [0.15, 0.2) is 39.9 Å². The van der Waals surface area contributed by atoms with E-state index in [-0.39, 0.29) is 11.5 Å². The van der Waals surface area contributed by atoms with Crippen LogP contribution in [0, 0.1) is 0 Å². The van der Waals surface area contributed by atoms with E-state index in [1.807, 2.05) is 37.3 Å². The van der Waals surface area contributed by atoms with Crippen molar-refractivity contribution in [3.8, 4) is 0 Å². The highest BCUT2D eigenvalue weighted by Gasteiger charge is 2.11. The van der Waals surface area contributed by atoms with Gasteiger partial charge in [0.05, 0.1) is 0 Å². The van der Waals surface area contributed by atoms with Crippen LogP contribution in [0.1, 0.15) is 18.9 Å². The third kappa shape index (κ3) is 3.53. The Morgan fingerprint density at radius 1 is 1.24 bits per heavy atom. The van der Waals surface area contributed by atoms with Crippen molar-refractivity contribution < 1.29 is 0 Å². The van der Waals surface area contributed by atoms with E-state index in [0.717, 1.165) is 12.0 Å². The number of nitrogen functional groups attached to an aromatic ring is 1. The number of nitrogens with zero attached hydrogens (tertiary/aromatic N) is 1. The first-order valence-electron chi connectivity index (χ1n) is 7.04. The molecule has 0 spiro atoms. The third-order valence-corrected chi connectivity index (χ3v) is 3.26. The van der Waals surface area contributed by atoms with E-state index in [4.69, 9.17) is 5.73 Å². The molecule has 0 amide bonds. The zero-order valence-electron chi connectivity index (χ0n) is 12.1. The molecule has 6 nitrogen and oxygen atoms in total. The summed E-state index contributed by atoms with van der Waals surface area (Å²) in [6, 6.07) is 9.81. The van der Waals surface area contributed by atoms with Crippen molar-refractivity contribution in [2.45, 2.75) is 26.3 Å². The van der Waals surface area contributed by atoms with Crippen LogP contribution in [0.25, 0.3) is 0 Å². The number of anilines is 2. The number of H-pyrrole nitrogens is 1. The second kappa shape index (κ2) is 6.78. The molecule has 0 saturated carbocycles. The van der Waals surface area contributed by atoms with Crippen LogP contribution < -0.4 is 22.3 Å². The van der Waals surface area contributed by atoms with E-state index < -0.39 is 11.2 Å². The van der Waals surface area contributed by atoms with Crippen molar-refractivity contribution in [3.05, 3.63) is 56.7 Å². The van der Waals surface area contributed by atoms with Crippen molar-refractivity contribution in [2.24, 2.45) is 0 Å². The third-order valence-electron chi connectivity index (χ3n) is 3.26. The predicted molar refractivity (Wildman–Crippen MR) is 84.7 cm³/mol. The number of nitrogens with one attached hydrogen (secondary N) is 2. The number of aryl methyl sites for hydroxylation is 1. The largest absolute Gasteiger partial charge is 0.383 e. The van der Waals surface area contributed by atoms with E-state index in [1.54, 1.807) is 0 Å². The lowest BCUT2D eigenvalue weighted by Gasteiger charge is -2.13. The Balaban J connectivity index is 2.26. The Morgan fingerprint density at radius 2 is 1.95 bits per heavy atom. The van der Waals surface area contributed by atoms with Gasteiger partial charge in [-0.15, -0.1) is 0 Å². The average molecular weight is 288 g/mol. The number of hydrogen-bond acceptors (Lipinski definition) is 4. The molecule has 112 valence electrons. The lowest BCUT2D eigenvalue weighted by atomic mass is 10.1. The Morgan fingerprint density at radius 3 is 2.62 bits per heavy atom. The number of hydrogen-bond donors (Lipinski definition) is 3. The van der Waals surface area contributed by atoms with Crippen LogP contribution >= 0.6 is 0 Å². The first-order chi connectivity index (χ1) is 10.1. The van der Waals surface area contributed by atoms with Gasteiger partial charge in [-0.3, -0.25) is 14.3 Å². The Hall–Kier alpha value is -2.50. The smallest absolute Gasteiger partial charge is 0.330 e. The van der Waals surface area contributed by atoms with Crippen LogP contribution in [-0.4, -0.2) is 16.1 Å². The molecule has 0 aliphatic carbocycles. The zero-order valence-corrected chi connectivity index (χ0v) is 12.1. The molecule has 0 fully saturated rings. The highest BCUT2D eigenvalue weighted by Crippen LogP contribution is 2.11. The molecule has 0 bridgehead atoms. The second-order valence-corrected chi connectivity index (χ2v) is 4.83. The molecule has 4 N–H and O–H groups in total. The summed E-state index contributed by atoms with van der Waals surface area (Å²) < 4.78 is 1.40. The van der Waals surface area contributed by atoms with Crippen LogP contribution in [0.5, 0.6) is 0 Å². The van der Waals surface area contributed by atoms with Gasteiger partial charge in [0.25, 0.3) is 5.56 Å². The standard InChI is InChI=1S/C15H20N4O2/c1-2-9-17-12-13(16)19(15(21)18-14(12)20)10-8-11-6-4-3-5-7-11/h3-7,17H,2,8-10,16H2,1H3,(H,18,20,21). The summed E-state index contributed by atoms with van der Waals surface area (Å²) >= 11 is 0. The molecule has 0 saturated heterocycles. The quantitative estimate of drug-likeness (QED) is 0.744. The Labute approximate surface area is 122 Å². The van der Waals surface area contributed by atoms with Crippen LogP contribution in [0.3, 0.4) is 0 Å². The van der Waals surface area contributed by atoms with E-state index in [0.29, 0.717) is 19.5 Å². The van der Waals surface area contributed by atoms with Gasteiger partial charge in [0.15, 0.2) is 0 Å². The number of aromatic amines is 1. The first-order valence-corrected chi connectivity index (χ1v) is 7.04. The van der Waals surface area contributed by atoms with E-state index in [2.05, 4.69) is 10.3 Å². The van der Waals surface area contributed by atoms with Gasteiger partial charge in [0.1, 0.15) is 11.5 Å². The maximum Gasteiger partial charge on any atom is 0.330 e. The Kier molecular flexibility index (Phi) is 4.81. The first kappa shape index (κ1) is 14.9. The van der Waals surface area contributed by atoms with Gasteiger partial charge >= 0.3 is 5.69 Å². The molecular formula is C15H20N4O2. The van der Waals surface area contributed by atoms with Gasteiger partial charge in [-0.1, -0.05) is 37.3 Å². The highest BCUT2D eigenvalue weighted by atomic mass is 16.2. The zero-order chi connectivity index (χ0) is 15.2. The van der Waals surface area contributed by atoms with Crippen molar-refractivity contribution >= 4 is 11.5 Å². The lowest BCUT2D eigenvalue weighted by Crippen LogP contribution is -2.34. The fourth-order valence-corrected chi connectivity index (χ4v) is 2.12. The molecule has 0 atom stereocenters. The van der Waals surface area contributed by atoms with Gasteiger partial charge in [-0.05, 0) is 18.4 Å². The predicted octanol–water partition coefficient (Wildman–Crippen LogP) is 1.18. The highest BCUT2D eigenvalue weighted by molar-refractivity contribution is 5.60. The van der Waals surface area contributed by atoms with Crippen molar-refractivity contribution in [3.63, 3.8) is 0 Å². The number of rotatable bonds is 6. The second-order valence-electron chi connectivity index (χ2n) is 4.83. The summed E-state index contributed by atoms with van der Waals surface area (Å²) in [7, 11) is 0. The fraction of sp³-hybridized carbons (Fsp3) is 0.333. The number of nitrogens with two attached hydrogens (primary N) is 1. The van der Waals surface area contributed by atoms with Crippen molar-refractivity contribution in [2.75, 3.05) is 17.6 Å². The summed E-state index contributed by atoms with van der Waals surface area (Å²) in [5.74, 6) is 0.188. The summed E-state index contributed by atoms with van der Waals surface area (Å²) in [6.07, 6.45) is 1.53. The maximum atomic E-state index is 11.9. The van der Waals surface area contributed by atoms with Crippen molar-refractivity contribution in [1.82, 2.24) is 9.55 Å². The van der Waals surface area contributed by atoms with Crippen molar-refractivity contribution in [1.29, 1.82) is 0 Å². The fourth-order valence-electron chi connectivity index (χ4n) is 2.12. The molecule has 0 radical (unpaired) electrons. The molecule has 1 aromatic carbocycles. The molecule has 0 unspecified atom stereocenters. The molecule has 2 rings (SSSR count). The van der Waals surface area contributed by atoms with Gasteiger partial charge in [0, 0.05) is 13.1 Å². The van der Waals surface area contributed by atoms with Gasteiger partial charge in [-0.25, -0.2) is 4.79 Å². The Bertz CT molecular complexity index is 704. The summed E-state index contributed by atoms with van der Waals surface area (Å²) in [6.45, 7) is 3.04. The van der Waals surface area contributed by atoms with Gasteiger partial charge in [-0.2, -0.15) is 0 Å². The molecule has 21 heavy (non-hydrogen) atoms. The molecule has 6 heteroatoms. The summed E-state index contributed by atoms with van der Waals surface area (Å²) in [4.78, 5) is 26.0. The number of aromatic nitrogens is 2. The normalized spacial score (nSPS) is 10.5. The molecule has 2 aromatic rings. The van der Waals surface area contributed by atoms with E-state index in [9.17, 15) is 9.59 Å². The minimum atomic E-state index is -0.476. The van der Waals surface area contributed by atoms with Gasteiger partial charge < -0.3 is 11.1 Å². The number of benzene rings is 1. The summed E-state index contributed by atoms with van der Waals surface area (Å²) in [5, 5.41) is 2.97. The van der Waals surface area contributed by atoms with Crippen LogP contribution in [0.2, 0.25) is 0 Å². The molecule has 0 aliphatic heterocycles. The molecule has 1 aromatic heterocycles. The molecule has 0 aliphatic rings.